The molecule has 0 radical (unpaired) electrons. The van der Waals surface area contributed by atoms with Gasteiger partial charge in [0.15, 0.2) is 0 Å². The Bertz CT molecular complexity index is 682. The Morgan fingerprint density at radius 3 is 2.72 bits per heavy atom. The summed E-state index contributed by atoms with van der Waals surface area (Å²) in [7, 11) is 3.70. The van der Waals surface area contributed by atoms with E-state index in [2.05, 4.69) is 16.3 Å². The fraction of sp³-hybridized carbons (Fsp3) is 0.526. The van der Waals surface area contributed by atoms with Gasteiger partial charge in [0.05, 0.1) is 19.1 Å². The number of amides is 1. The lowest BCUT2D eigenvalue weighted by molar-refractivity contribution is -0.125. The highest BCUT2D eigenvalue weighted by molar-refractivity contribution is 5.87. The lowest BCUT2D eigenvalue weighted by Gasteiger charge is -2.40. The Morgan fingerprint density at radius 1 is 1.36 bits per heavy atom. The maximum atomic E-state index is 12.6. The smallest absolute Gasteiger partial charge is 0.228 e. The molecule has 0 bridgehead atoms. The standard InChI is InChI=1S/C19H26N2O3.ClH/c1-19(2,3)20-18(22)12-8-14-15-9-13(23-5)6-7-17(15)24-11-16(14)21(4)10-12;/h6-9,12,16H,10-11H2,1-5H3,(H,20,22);1H/t12-,16-;/m1./s1. The van der Waals surface area contributed by atoms with E-state index in [1.807, 2.05) is 46.0 Å². The monoisotopic (exact) mass is 366 g/mol. The molecule has 25 heavy (non-hydrogen) atoms. The van der Waals surface area contributed by atoms with Crippen LogP contribution in [0, 0.1) is 5.92 Å². The maximum absolute atomic E-state index is 12.6. The zero-order valence-electron chi connectivity index (χ0n) is 15.5. The fourth-order valence-electron chi connectivity index (χ4n) is 3.32. The van der Waals surface area contributed by atoms with Gasteiger partial charge >= 0.3 is 0 Å². The minimum Gasteiger partial charge on any atom is -0.497 e. The van der Waals surface area contributed by atoms with E-state index in [1.165, 1.54) is 0 Å². The topological polar surface area (TPSA) is 50.8 Å². The zero-order valence-corrected chi connectivity index (χ0v) is 16.3. The zero-order chi connectivity index (χ0) is 17.5. The minimum absolute atomic E-state index is 0. The number of nitrogens with one attached hydrogen (secondary N) is 1. The molecule has 0 aliphatic carbocycles. The third kappa shape index (κ3) is 4.10. The first kappa shape index (κ1) is 19.6. The summed E-state index contributed by atoms with van der Waals surface area (Å²) in [4.78, 5) is 14.8. The number of halogens is 1. The van der Waals surface area contributed by atoms with E-state index in [-0.39, 0.29) is 35.8 Å². The summed E-state index contributed by atoms with van der Waals surface area (Å²) < 4.78 is 11.3. The van der Waals surface area contributed by atoms with Crippen molar-refractivity contribution in [1.82, 2.24) is 10.2 Å². The van der Waals surface area contributed by atoms with Crippen LogP contribution in [0.15, 0.2) is 24.3 Å². The van der Waals surface area contributed by atoms with E-state index in [0.717, 1.165) is 22.6 Å². The van der Waals surface area contributed by atoms with Gasteiger partial charge in [0, 0.05) is 17.6 Å². The van der Waals surface area contributed by atoms with Gasteiger partial charge in [-0.3, -0.25) is 9.69 Å². The average molecular weight is 367 g/mol. The van der Waals surface area contributed by atoms with E-state index >= 15 is 0 Å². The predicted octanol–water partition coefficient (Wildman–Crippen LogP) is 2.74. The molecule has 0 unspecified atom stereocenters. The first-order valence-corrected chi connectivity index (χ1v) is 8.33. The number of fused-ring (bicyclic) bond motifs is 3. The molecule has 3 rings (SSSR count). The van der Waals surface area contributed by atoms with Crippen LogP contribution in [0.4, 0.5) is 0 Å². The first-order valence-electron chi connectivity index (χ1n) is 8.33. The van der Waals surface area contributed by atoms with Crippen molar-refractivity contribution in [2.24, 2.45) is 5.92 Å². The van der Waals surface area contributed by atoms with Gasteiger partial charge in [0.25, 0.3) is 0 Å². The molecule has 6 heteroatoms. The summed E-state index contributed by atoms with van der Waals surface area (Å²) in [6.45, 7) is 7.31. The molecule has 5 nitrogen and oxygen atoms in total. The average Bonchev–Trinajstić information content (AvgIpc) is 2.52. The van der Waals surface area contributed by atoms with Crippen LogP contribution in [-0.2, 0) is 4.79 Å². The summed E-state index contributed by atoms with van der Waals surface area (Å²) >= 11 is 0. The van der Waals surface area contributed by atoms with Gasteiger partial charge in [-0.1, -0.05) is 6.08 Å². The van der Waals surface area contributed by atoms with Gasteiger partial charge < -0.3 is 14.8 Å². The van der Waals surface area contributed by atoms with E-state index in [9.17, 15) is 4.79 Å². The molecule has 1 amide bonds. The minimum atomic E-state index is -0.234. The maximum Gasteiger partial charge on any atom is 0.228 e. The van der Waals surface area contributed by atoms with Gasteiger partial charge in [-0.25, -0.2) is 0 Å². The Labute approximate surface area is 155 Å². The Hall–Kier alpha value is -1.72. The molecule has 1 aromatic rings. The summed E-state index contributed by atoms with van der Waals surface area (Å²) in [6.07, 6.45) is 2.10. The highest BCUT2D eigenvalue weighted by Crippen LogP contribution is 2.40. The van der Waals surface area contributed by atoms with Crippen molar-refractivity contribution in [3.63, 3.8) is 0 Å². The van der Waals surface area contributed by atoms with Gasteiger partial charge in [-0.2, -0.15) is 0 Å². The van der Waals surface area contributed by atoms with Crippen LogP contribution in [0.5, 0.6) is 11.5 Å². The second-order valence-corrected chi connectivity index (χ2v) is 7.60. The predicted molar refractivity (Wildman–Crippen MR) is 102 cm³/mol. The van der Waals surface area contributed by atoms with E-state index < -0.39 is 0 Å². The van der Waals surface area contributed by atoms with Crippen LogP contribution in [0.1, 0.15) is 26.3 Å². The van der Waals surface area contributed by atoms with Crippen LogP contribution in [0.25, 0.3) is 5.57 Å². The van der Waals surface area contributed by atoms with Gasteiger partial charge in [-0.15, -0.1) is 12.4 Å². The number of carbonyl (C=O) groups excluding carboxylic acids is 1. The van der Waals surface area contributed by atoms with Crippen molar-refractivity contribution in [3.8, 4) is 11.5 Å². The largest absolute Gasteiger partial charge is 0.497 e. The van der Waals surface area contributed by atoms with Crippen molar-refractivity contribution in [2.75, 3.05) is 27.3 Å². The van der Waals surface area contributed by atoms with Crippen molar-refractivity contribution < 1.29 is 14.3 Å². The lowest BCUT2D eigenvalue weighted by atomic mass is 9.86. The van der Waals surface area contributed by atoms with Crippen molar-refractivity contribution >= 4 is 23.9 Å². The molecule has 2 aliphatic heterocycles. The molecule has 2 heterocycles. The molecule has 2 aliphatic rings. The van der Waals surface area contributed by atoms with Crippen LogP contribution in [-0.4, -0.2) is 49.7 Å². The Balaban J connectivity index is 0.00000225. The normalized spacial score (nSPS) is 22.5. The van der Waals surface area contributed by atoms with Crippen LogP contribution < -0.4 is 14.8 Å². The van der Waals surface area contributed by atoms with Gasteiger partial charge in [0.1, 0.15) is 18.1 Å². The summed E-state index contributed by atoms with van der Waals surface area (Å²) in [5, 5.41) is 3.09. The second-order valence-electron chi connectivity index (χ2n) is 7.60. The number of ether oxygens (including phenoxy) is 2. The number of benzene rings is 1. The first-order chi connectivity index (χ1) is 11.3. The summed E-state index contributed by atoms with van der Waals surface area (Å²) in [6, 6.07) is 5.99. The molecule has 1 N–H and O–H groups in total. The Kier molecular flexibility index (Phi) is 5.69. The molecule has 0 saturated heterocycles. The number of hydrogen-bond acceptors (Lipinski definition) is 4. The lowest BCUT2D eigenvalue weighted by Crippen LogP contribution is -2.51. The van der Waals surface area contributed by atoms with Crippen LogP contribution in [0.3, 0.4) is 0 Å². The quantitative estimate of drug-likeness (QED) is 0.874. The van der Waals surface area contributed by atoms with Crippen molar-refractivity contribution in [1.29, 1.82) is 0 Å². The summed E-state index contributed by atoms with van der Waals surface area (Å²) in [5.74, 6) is 1.54. The van der Waals surface area contributed by atoms with E-state index in [1.54, 1.807) is 7.11 Å². The van der Waals surface area contributed by atoms with Crippen molar-refractivity contribution in [3.05, 3.63) is 29.8 Å². The van der Waals surface area contributed by atoms with Crippen molar-refractivity contribution in [2.45, 2.75) is 32.4 Å². The highest BCUT2D eigenvalue weighted by Gasteiger charge is 2.36. The number of nitrogens with zero attached hydrogens (tertiary/aromatic N) is 1. The number of methoxy groups -OCH3 is 1. The number of rotatable bonds is 2. The molecule has 0 saturated carbocycles. The highest BCUT2D eigenvalue weighted by atomic mass is 35.5. The third-order valence-electron chi connectivity index (χ3n) is 4.49. The molecule has 1 aromatic carbocycles. The molecule has 2 atom stereocenters. The third-order valence-corrected chi connectivity index (χ3v) is 4.49. The second kappa shape index (κ2) is 7.26. The Morgan fingerprint density at radius 2 is 2.08 bits per heavy atom. The molecule has 0 spiro atoms. The van der Waals surface area contributed by atoms with Gasteiger partial charge in [0.2, 0.25) is 5.91 Å². The molecule has 0 fully saturated rings. The molecular formula is C19H27ClN2O3. The van der Waals surface area contributed by atoms with E-state index in [0.29, 0.717) is 13.2 Å². The van der Waals surface area contributed by atoms with Crippen LogP contribution >= 0.6 is 12.4 Å². The molecule has 0 aromatic heterocycles. The number of carbonyl (C=O) groups is 1. The van der Waals surface area contributed by atoms with Gasteiger partial charge in [-0.05, 0) is 51.6 Å². The SMILES string of the molecule is COc1ccc2c(c1)C1=C[C@@H](C(=O)NC(C)(C)C)CN(C)[C@@H]1CO2.Cl. The number of hydrogen-bond donors (Lipinski definition) is 1. The van der Waals surface area contributed by atoms with E-state index in [4.69, 9.17) is 9.47 Å². The summed E-state index contributed by atoms with van der Waals surface area (Å²) in [5.41, 5.74) is 1.94. The molecular weight excluding hydrogens is 340 g/mol. The fourth-order valence-corrected chi connectivity index (χ4v) is 3.32. The van der Waals surface area contributed by atoms with Crippen LogP contribution in [0.2, 0.25) is 0 Å². The number of likely N-dealkylation sites (N-methyl/N-ethyl adjacent to an activating group) is 1. The molecule has 138 valence electrons.